The van der Waals surface area contributed by atoms with Crippen molar-refractivity contribution in [1.29, 1.82) is 0 Å². The molecular weight excluding hydrogens is 388 g/mol. The van der Waals surface area contributed by atoms with E-state index in [1.807, 2.05) is 31.2 Å². The number of nitrogens with one attached hydrogen (secondary N) is 1. The zero-order valence-corrected chi connectivity index (χ0v) is 16.3. The molecule has 3 rings (SSSR count). The summed E-state index contributed by atoms with van der Waals surface area (Å²) in [5.41, 5.74) is 1.10. The first-order chi connectivity index (χ1) is 13.0. The first-order valence-corrected chi connectivity index (χ1v) is 9.73. The van der Waals surface area contributed by atoms with Gasteiger partial charge in [-0.1, -0.05) is 23.7 Å². The van der Waals surface area contributed by atoms with Crippen LogP contribution in [0.3, 0.4) is 0 Å². The van der Waals surface area contributed by atoms with Gasteiger partial charge in [0.25, 0.3) is 0 Å². The van der Waals surface area contributed by atoms with E-state index in [0.29, 0.717) is 36.2 Å². The normalized spacial score (nSPS) is 14.6. The summed E-state index contributed by atoms with van der Waals surface area (Å²) in [4.78, 5) is 44.1. The van der Waals surface area contributed by atoms with Gasteiger partial charge in [-0.25, -0.2) is 4.98 Å². The lowest BCUT2D eigenvalue weighted by Gasteiger charge is -2.32. The number of carbonyl (C=O) groups excluding carboxylic acids is 3. The van der Waals surface area contributed by atoms with Crippen molar-refractivity contribution in [2.45, 2.75) is 13.3 Å². The second-order valence-corrected chi connectivity index (χ2v) is 7.65. The maximum Gasteiger partial charge on any atom is 0.312 e. The molecule has 3 amide bonds. The molecule has 0 aliphatic carbocycles. The molecule has 0 bridgehead atoms. The van der Waals surface area contributed by atoms with Gasteiger partial charge in [0.05, 0.1) is 0 Å². The fraction of sp³-hybridized carbons (Fsp3) is 0.333. The number of nitrogens with zero attached hydrogens (tertiary/aromatic N) is 3. The number of carbonyl (C=O) groups is 3. The van der Waals surface area contributed by atoms with Crippen LogP contribution in [-0.4, -0.2) is 58.7 Å². The Kier molecular flexibility index (Phi) is 6.08. The monoisotopic (exact) mass is 406 g/mol. The average Bonchev–Trinajstić information content (AvgIpc) is 3.08. The largest absolute Gasteiger partial charge is 0.333 e. The number of likely N-dealkylation sites (N-methyl/N-ethyl adjacent to an activating group) is 1. The highest BCUT2D eigenvalue weighted by atomic mass is 35.5. The Morgan fingerprint density at radius 1 is 1.19 bits per heavy atom. The summed E-state index contributed by atoms with van der Waals surface area (Å²) in [5, 5.41) is 3.85. The molecule has 0 spiro atoms. The van der Waals surface area contributed by atoms with E-state index in [1.165, 1.54) is 21.1 Å². The molecule has 0 atom stereocenters. The molecule has 9 heteroatoms. The molecule has 1 aromatic carbocycles. The van der Waals surface area contributed by atoms with E-state index in [1.54, 1.807) is 6.20 Å². The van der Waals surface area contributed by atoms with E-state index >= 15 is 0 Å². The summed E-state index contributed by atoms with van der Waals surface area (Å²) in [7, 11) is 0. The number of amides is 3. The van der Waals surface area contributed by atoms with Crippen LogP contribution < -0.4 is 5.32 Å². The molecule has 142 valence electrons. The minimum Gasteiger partial charge on any atom is -0.333 e. The lowest BCUT2D eigenvalue weighted by atomic mass is 10.1. The standard InChI is InChI=1S/C18H19ClN4O3S/c1-2-22-7-8-23(17(26)16(22)25)11-15(24)21-18-20-10-14(27-18)9-12-3-5-13(19)6-4-12/h3-6,10H,2,7-9,11H2,1H3,(H,20,21,24). The van der Waals surface area contributed by atoms with Crippen LogP contribution in [0, 0.1) is 0 Å². The average molecular weight is 407 g/mol. The summed E-state index contributed by atoms with van der Waals surface area (Å²) in [5.74, 6) is -1.56. The van der Waals surface area contributed by atoms with Gasteiger partial charge in [-0.05, 0) is 24.6 Å². The minimum absolute atomic E-state index is 0.159. The lowest BCUT2D eigenvalue weighted by Crippen LogP contribution is -2.55. The number of aromatic nitrogens is 1. The predicted molar refractivity (Wildman–Crippen MR) is 104 cm³/mol. The van der Waals surface area contributed by atoms with Crippen molar-refractivity contribution >= 4 is 45.8 Å². The molecule has 27 heavy (non-hydrogen) atoms. The van der Waals surface area contributed by atoms with E-state index in [4.69, 9.17) is 11.6 Å². The van der Waals surface area contributed by atoms with Gasteiger partial charge in [0.2, 0.25) is 5.91 Å². The predicted octanol–water partition coefficient (Wildman–Crippen LogP) is 2.02. The Bertz CT molecular complexity index is 853. The van der Waals surface area contributed by atoms with E-state index < -0.39 is 11.8 Å². The van der Waals surface area contributed by atoms with E-state index in [-0.39, 0.29) is 12.5 Å². The first kappa shape index (κ1) is 19.3. The van der Waals surface area contributed by atoms with Crippen LogP contribution in [0.4, 0.5) is 5.13 Å². The van der Waals surface area contributed by atoms with Gasteiger partial charge in [0.15, 0.2) is 5.13 Å². The molecule has 1 saturated heterocycles. The van der Waals surface area contributed by atoms with E-state index in [2.05, 4.69) is 10.3 Å². The van der Waals surface area contributed by atoms with Crippen molar-refractivity contribution in [2.75, 3.05) is 31.5 Å². The molecule has 1 fully saturated rings. The molecule has 0 radical (unpaired) electrons. The van der Waals surface area contributed by atoms with Crippen LogP contribution in [0.2, 0.25) is 5.02 Å². The number of thiazole rings is 1. The van der Waals surface area contributed by atoms with Gasteiger partial charge >= 0.3 is 11.8 Å². The molecule has 1 aromatic heterocycles. The van der Waals surface area contributed by atoms with Gasteiger partial charge in [0, 0.05) is 42.2 Å². The molecule has 0 saturated carbocycles. The molecule has 2 aromatic rings. The van der Waals surface area contributed by atoms with Gasteiger partial charge in [-0.2, -0.15) is 0 Å². The number of hydrogen-bond acceptors (Lipinski definition) is 5. The molecule has 1 N–H and O–H groups in total. The van der Waals surface area contributed by atoms with Crippen molar-refractivity contribution in [2.24, 2.45) is 0 Å². The summed E-state index contributed by atoms with van der Waals surface area (Å²) in [6.45, 7) is 2.94. The SMILES string of the molecule is CCN1CCN(CC(=O)Nc2ncc(Cc3ccc(Cl)cc3)s2)C(=O)C1=O. The van der Waals surface area contributed by atoms with Gasteiger partial charge < -0.3 is 15.1 Å². The molecular formula is C18H19ClN4O3S. The molecule has 0 unspecified atom stereocenters. The Hall–Kier alpha value is -2.45. The number of anilines is 1. The van der Waals surface area contributed by atoms with Crippen LogP contribution in [0.5, 0.6) is 0 Å². The van der Waals surface area contributed by atoms with Crippen LogP contribution in [-0.2, 0) is 20.8 Å². The van der Waals surface area contributed by atoms with E-state index in [0.717, 1.165) is 10.4 Å². The third kappa shape index (κ3) is 4.84. The van der Waals surface area contributed by atoms with Crippen LogP contribution >= 0.6 is 22.9 Å². The molecule has 1 aliphatic rings. The number of benzene rings is 1. The second-order valence-electron chi connectivity index (χ2n) is 6.09. The van der Waals surface area contributed by atoms with Gasteiger partial charge in [-0.3, -0.25) is 14.4 Å². The Balaban J connectivity index is 1.54. The van der Waals surface area contributed by atoms with Crippen molar-refractivity contribution in [3.63, 3.8) is 0 Å². The highest BCUT2D eigenvalue weighted by molar-refractivity contribution is 7.15. The van der Waals surface area contributed by atoms with E-state index in [9.17, 15) is 14.4 Å². The minimum atomic E-state index is -0.638. The smallest absolute Gasteiger partial charge is 0.312 e. The van der Waals surface area contributed by atoms with Crippen molar-refractivity contribution in [3.8, 4) is 0 Å². The number of halogens is 1. The topological polar surface area (TPSA) is 82.6 Å². The van der Waals surface area contributed by atoms with Gasteiger partial charge in [-0.15, -0.1) is 11.3 Å². The van der Waals surface area contributed by atoms with Gasteiger partial charge in [0.1, 0.15) is 6.54 Å². The number of rotatable bonds is 6. The Morgan fingerprint density at radius 2 is 1.85 bits per heavy atom. The second kappa shape index (κ2) is 8.49. The third-order valence-electron chi connectivity index (χ3n) is 4.20. The summed E-state index contributed by atoms with van der Waals surface area (Å²) in [6, 6.07) is 7.55. The third-order valence-corrected chi connectivity index (χ3v) is 5.37. The maximum atomic E-state index is 12.2. The first-order valence-electron chi connectivity index (χ1n) is 8.53. The fourth-order valence-electron chi connectivity index (χ4n) is 2.75. The number of piperazine rings is 1. The van der Waals surface area contributed by atoms with Crippen LogP contribution in [0.25, 0.3) is 0 Å². The van der Waals surface area contributed by atoms with Crippen molar-refractivity contribution in [3.05, 3.63) is 45.9 Å². The maximum absolute atomic E-state index is 12.2. The van der Waals surface area contributed by atoms with Crippen LogP contribution in [0.15, 0.2) is 30.5 Å². The summed E-state index contributed by atoms with van der Waals surface area (Å²) < 4.78 is 0. The highest BCUT2D eigenvalue weighted by Crippen LogP contribution is 2.22. The lowest BCUT2D eigenvalue weighted by molar-refractivity contribution is -0.156. The van der Waals surface area contributed by atoms with Crippen molar-refractivity contribution in [1.82, 2.24) is 14.8 Å². The number of hydrogen-bond donors (Lipinski definition) is 1. The molecule has 2 heterocycles. The fourth-order valence-corrected chi connectivity index (χ4v) is 3.74. The zero-order chi connectivity index (χ0) is 19.4. The Morgan fingerprint density at radius 3 is 2.56 bits per heavy atom. The van der Waals surface area contributed by atoms with Crippen molar-refractivity contribution < 1.29 is 14.4 Å². The van der Waals surface area contributed by atoms with Crippen LogP contribution in [0.1, 0.15) is 17.4 Å². The molecule has 1 aliphatic heterocycles. The quantitative estimate of drug-likeness (QED) is 0.744. The summed E-state index contributed by atoms with van der Waals surface area (Å²) in [6.07, 6.45) is 2.40. The molecule has 7 nitrogen and oxygen atoms in total. The zero-order valence-electron chi connectivity index (χ0n) is 14.8. The Labute approximate surface area is 165 Å². The summed E-state index contributed by atoms with van der Waals surface area (Å²) >= 11 is 7.26. The highest BCUT2D eigenvalue weighted by Gasteiger charge is 2.32.